The lowest BCUT2D eigenvalue weighted by molar-refractivity contribution is -0.122. The van der Waals surface area contributed by atoms with Gasteiger partial charge in [0, 0.05) is 31.7 Å². The Labute approximate surface area is 124 Å². The number of ketones is 1. The Morgan fingerprint density at radius 3 is 2.57 bits per heavy atom. The lowest BCUT2D eigenvalue weighted by Gasteiger charge is -2.07. The summed E-state index contributed by atoms with van der Waals surface area (Å²) in [5, 5.41) is 2.81. The fourth-order valence-electron chi connectivity index (χ4n) is 1.90. The molecule has 0 saturated heterocycles. The summed E-state index contributed by atoms with van der Waals surface area (Å²) in [5.41, 5.74) is 0.577. The molecule has 1 amide bonds. The number of amides is 1. The summed E-state index contributed by atoms with van der Waals surface area (Å²) in [6, 6.07) is 6.82. The molecule has 5 heteroatoms. The number of rotatable bonds is 9. The molecular weight excluding hydrogens is 270 g/mol. The van der Waals surface area contributed by atoms with E-state index in [1.54, 1.807) is 31.4 Å². The van der Waals surface area contributed by atoms with E-state index in [1.807, 2.05) is 0 Å². The van der Waals surface area contributed by atoms with Gasteiger partial charge in [-0.05, 0) is 43.5 Å². The van der Waals surface area contributed by atoms with Gasteiger partial charge < -0.3 is 14.8 Å². The first kappa shape index (κ1) is 15.5. The van der Waals surface area contributed by atoms with Crippen molar-refractivity contribution >= 4 is 11.7 Å². The van der Waals surface area contributed by atoms with Crippen LogP contribution >= 0.6 is 0 Å². The predicted molar refractivity (Wildman–Crippen MR) is 78.5 cm³/mol. The van der Waals surface area contributed by atoms with Crippen LogP contribution in [0.3, 0.4) is 0 Å². The molecule has 0 bridgehead atoms. The topological polar surface area (TPSA) is 64.6 Å². The van der Waals surface area contributed by atoms with E-state index >= 15 is 0 Å². The Morgan fingerprint density at radius 2 is 1.95 bits per heavy atom. The smallest absolute Gasteiger partial charge is 0.251 e. The van der Waals surface area contributed by atoms with Gasteiger partial charge in [0.05, 0.1) is 0 Å². The Morgan fingerprint density at radius 1 is 1.24 bits per heavy atom. The summed E-state index contributed by atoms with van der Waals surface area (Å²) in [6.45, 7) is 1.33. The van der Waals surface area contributed by atoms with Crippen LogP contribution in [0, 0.1) is 5.92 Å². The van der Waals surface area contributed by atoms with Crippen molar-refractivity contribution < 1.29 is 19.1 Å². The summed E-state index contributed by atoms with van der Waals surface area (Å²) in [5.74, 6) is 0.865. The van der Waals surface area contributed by atoms with E-state index in [-0.39, 0.29) is 24.2 Å². The van der Waals surface area contributed by atoms with Crippen LogP contribution in [-0.4, -0.2) is 38.6 Å². The number of hydrogen-bond donors (Lipinski definition) is 1. The maximum atomic E-state index is 11.8. The molecule has 1 aliphatic carbocycles. The van der Waals surface area contributed by atoms with E-state index in [0.717, 1.165) is 19.3 Å². The average molecular weight is 291 g/mol. The van der Waals surface area contributed by atoms with Crippen molar-refractivity contribution in [1.82, 2.24) is 5.32 Å². The molecule has 0 aromatic heterocycles. The quantitative estimate of drug-likeness (QED) is 0.705. The zero-order chi connectivity index (χ0) is 15.1. The first-order valence-corrected chi connectivity index (χ1v) is 7.23. The van der Waals surface area contributed by atoms with E-state index < -0.39 is 0 Å². The standard InChI is InChI=1S/C16H21NO4/c1-20-10-2-9-17-16(19)13-5-7-14(8-6-13)21-11-15(18)12-3-4-12/h5-8,12H,2-4,9-11H2,1H3,(H,17,19). The minimum Gasteiger partial charge on any atom is -0.486 e. The van der Waals surface area contributed by atoms with Crippen molar-refractivity contribution in [3.05, 3.63) is 29.8 Å². The van der Waals surface area contributed by atoms with Gasteiger partial charge in [-0.3, -0.25) is 9.59 Å². The number of ether oxygens (including phenoxy) is 2. The summed E-state index contributed by atoms with van der Waals surface area (Å²) >= 11 is 0. The number of carbonyl (C=O) groups is 2. The fourth-order valence-corrected chi connectivity index (χ4v) is 1.90. The third-order valence-corrected chi connectivity index (χ3v) is 3.34. The second kappa shape index (κ2) is 7.78. The van der Waals surface area contributed by atoms with Gasteiger partial charge in [-0.2, -0.15) is 0 Å². The van der Waals surface area contributed by atoms with Gasteiger partial charge in [0.2, 0.25) is 0 Å². The molecule has 0 heterocycles. The number of carbonyl (C=O) groups excluding carboxylic acids is 2. The lowest BCUT2D eigenvalue weighted by Crippen LogP contribution is -2.25. The Kier molecular flexibility index (Phi) is 5.75. The van der Waals surface area contributed by atoms with Gasteiger partial charge in [0.25, 0.3) is 5.91 Å². The Balaban J connectivity index is 1.75. The molecule has 2 rings (SSSR count). The SMILES string of the molecule is COCCCNC(=O)c1ccc(OCC(=O)C2CC2)cc1. The second-order valence-electron chi connectivity index (χ2n) is 5.16. The van der Waals surface area contributed by atoms with Crippen molar-refractivity contribution in [2.75, 3.05) is 26.9 Å². The zero-order valence-electron chi connectivity index (χ0n) is 12.3. The van der Waals surface area contributed by atoms with Crippen LogP contribution in [0.2, 0.25) is 0 Å². The van der Waals surface area contributed by atoms with Crippen LogP contribution in [0.15, 0.2) is 24.3 Å². The molecule has 1 aliphatic rings. The fraction of sp³-hybridized carbons (Fsp3) is 0.500. The van der Waals surface area contributed by atoms with Crippen LogP contribution < -0.4 is 10.1 Å². The van der Waals surface area contributed by atoms with Gasteiger partial charge >= 0.3 is 0 Å². The second-order valence-corrected chi connectivity index (χ2v) is 5.16. The number of methoxy groups -OCH3 is 1. The predicted octanol–water partition coefficient (Wildman–Crippen LogP) is 1.81. The van der Waals surface area contributed by atoms with Crippen molar-refractivity contribution in [1.29, 1.82) is 0 Å². The van der Waals surface area contributed by atoms with E-state index in [0.29, 0.717) is 24.5 Å². The largest absolute Gasteiger partial charge is 0.486 e. The van der Waals surface area contributed by atoms with Crippen molar-refractivity contribution in [2.24, 2.45) is 5.92 Å². The molecule has 1 aromatic rings. The van der Waals surface area contributed by atoms with Gasteiger partial charge in [-0.1, -0.05) is 0 Å². The highest BCUT2D eigenvalue weighted by Gasteiger charge is 2.29. The van der Waals surface area contributed by atoms with Crippen LogP contribution in [-0.2, 0) is 9.53 Å². The highest BCUT2D eigenvalue weighted by atomic mass is 16.5. The minimum atomic E-state index is -0.119. The number of Topliss-reactive ketones (excluding diaryl/α,β-unsaturated/α-hetero) is 1. The first-order valence-electron chi connectivity index (χ1n) is 7.23. The van der Waals surface area contributed by atoms with E-state index in [2.05, 4.69) is 5.32 Å². The maximum absolute atomic E-state index is 11.8. The van der Waals surface area contributed by atoms with E-state index in [4.69, 9.17) is 9.47 Å². The van der Waals surface area contributed by atoms with Crippen LogP contribution in [0.1, 0.15) is 29.6 Å². The molecule has 21 heavy (non-hydrogen) atoms. The summed E-state index contributed by atoms with van der Waals surface area (Å²) in [7, 11) is 1.63. The summed E-state index contributed by atoms with van der Waals surface area (Å²) in [6.07, 6.45) is 2.77. The monoisotopic (exact) mass is 291 g/mol. The first-order chi connectivity index (χ1) is 10.2. The number of nitrogens with one attached hydrogen (secondary N) is 1. The van der Waals surface area contributed by atoms with Crippen molar-refractivity contribution in [3.8, 4) is 5.75 Å². The van der Waals surface area contributed by atoms with Crippen LogP contribution in [0.5, 0.6) is 5.75 Å². The van der Waals surface area contributed by atoms with Gasteiger partial charge in [0.15, 0.2) is 5.78 Å². The van der Waals surface area contributed by atoms with Gasteiger partial charge in [0.1, 0.15) is 12.4 Å². The highest BCUT2D eigenvalue weighted by molar-refractivity contribution is 5.94. The lowest BCUT2D eigenvalue weighted by atomic mass is 10.2. The Bertz CT molecular complexity index is 480. The zero-order valence-corrected chi connectivity index (χ0v) is 12.3. The molecule has 0 radical (unpaired) electrons. The molecule has 0 spiro atoms. The number of benzene rings is 1. The van der Waals surface area contributed by atoms with Gasteiger partial charge in [-0.25, -0.2) is 0 Å². The molecule has 0 aliphatic heterocycles. The highest BCUT2D eigenvalue weighted by Crippen LogP contribution is 2.29. The minimum absolute atomic E-state index is 0.118. The molecule has 114 valence electrons. The third-order valence-electron chi connectivity index (χ3n) is 3.34. The van der Waals surface area contributed by atoms with Crippen LogP contribution in [0.4, 0.5) is 0 Å². The number of hydrogen-bond acceptors (Lipinski definition) is 4. The molecule has 0 unspecified atom stereocenters. The van der Waals surface area contributed by atoms with Crippen LogP contribution in [0.25, 0.3) is 0 Å². The average Bonchev–Trinajstić information content (AvgIpc) is 3.34. The molecule has 0 atom stereocenters. The maximum Gasteiger partial charge on any atom is 0.251 e. The van der Waals surface area contributed by atoms with E-state index in [9.17, 15) is 9.59 Å². The summed E-state index contributed by atoms with van der Waals surface area (Å²) in [4.78, 5) is 23.4. The molecule has 5 nitrogen and oxygen atoms in total. The van der Waals surface area contributed by atoms with Crippen molar-refractivity contribution in [3.63, 3.8) is 0 Å². The molecule has 1 saturated carbocycles. The molecule has 1 N–H and O–H groups in total. The third kappa shape index (κ3) is 5.19. The van der Waals surface area contributed by atoms with Crippen molar-refractivity contribution in [2.45, 2.75) is 19.3 Å². The normalized spacial score (nSPS) is 13.8. The molecular formula is C16H21NO4. The van der Waals surface area contributed by atoms with Gasteiger partial charge in [-0.15, -0.1) is 0 Å². The molecule has 1 aromatic carbocycles. The molecule has 1 fully saturated rings. The van der Waals surface area contributed by atoms with E-state index in [1.165, 1.54) is 0 Å². The Hall–Kier alpha value is -1.88. The summed E-state index contributed by atoms with van der Waals surface area (Å²) < 4.78 is 10.3.